The second-order valence-corrected chi connectivity index (χ2v) is 11.2. The molecule has 0 spiro atoms. The number of fused-ring (bicyclic) bond motifs is 1. The number of piperidine rings is 1. The van der Waals surface area contributed by atoms with Crippen LogP contribution in [0.5, 0.6) is 11.8 Å². The third-order valence-electron chi connectivity index (χ3n) is 6.07. The lowest BCUT2D eigenvalue weighted by molar-refractivity contribution is -0.157. The Labute approximate surface area is 217 Å². The highest BCUT2D eigenvalue weighted by Crippen LogP contribution is 2.38. The van der Waals surface area contributed by atoms with Gasteiger partial charge < -0.3 is 23.8 Å². The van der Waals surface area contributed by atoms with E-state index in [0.29, 0.717) is 42.6 Å². The highest BCUT2D eigenvalue weighted by molar-refractivity contribution is 5.85. The molecule has 2 aromatic rings. The lowest BCUT2D eigenvalue weighted by Gasteiger charge is -2.34. The molecular formula is C27H39N3O7. The minimum Gasteiger partial charge on any atom is -0.496 e. The number of likely N-dealkylation sites (tertiary alicyclic amines) is 1. The van der Waals surface area contributed by atoms with E-state index in [2.05, 4.69) is 4.98 Å². The van der Waals surface area contributed by atoms with Crippen LogP contribution < -0.4 is 15.0 Å². The van der Waals surface area contributed by atoms with Crippen LogP contribution in [-0.2, 0) is 21.0 Å². The Bertz CT molecular complexity index is 1200. The topological polar surface area (TPSA) is 109 Å². The molecular weight excluding hydrogens is 478 g/mol. The van der Waals surface area contributed by atoms with Gasteiger partial charge >= 0.3 is 18.1 Å². The first-order chi connectivity index (χ1) is 17.3. The zero-order valence-electron chi connectivity index (χ0n) is 23.2. The van der Waals surface area contributed by atoms with Crippen LogP contribution in [0.25, 0.3) is 10.9 Å². The predicted octanol–water partition coefficient (Wildman–Crippen LogP) is 4.47. The number of benzene rings is 1. The summed E-state index contributed by atoms with van der Waals surface area (Å²) >= 11 is 0. The number of nitrogens with zero attached hydrogens (tertiary/aromatic N) is 3. The van der Waals surface area contributed by atoms with Crippen LogP contribution in [0.4, 0.5) is 4.79 Å². The number of methoxy groups -OCH3 is 1. The van der Waals surface area contributed by atoms with E-state index in [1.807, 2.05) is 20.8 Å². The van der Waals surface area contributed by atoms with Crippen LogP contribution in [0.15, 0.2) is 16.9 Å². The number of carbonyl (C=O) groups is 2. The summed E-state index contributed by atoms with van der Waals surface area (Å²) in [5.41, 5.74) is -0.467. The van der Waals surface area contributed by atoms with Crippen molar-refractivity contribution >= 4 is 23.0 Å². The molecule has 3 rings (SSSR count). The standard InChI is InChI=1S/C27H39N3O7/c1-9-35-24-28-18-10-11-19(34-8)20(17-12-14-29(15-13-17)25(33)37-27(5,6)7)21(18)22(31)30(24)16-36-23(32)26(2,3)4/h10-11,17H,9,12-16H2,1-8H3. The smallest absolute Gasteiger partial charge is 0.410 e. The maximum Gasteiger partial charge on any atom is 0.410 e. The zero-order valence-corrected chi connectivity index (χ0v) is 23.2. The maximum atomic E-state index is 13.9. The van der Waals surface area contributed by atoms with Crippen molar-refractivity contribution in [2.45, 2.75) is 79.6 Å². The van der Waals surface area contributed by atoms with Crippen LogP contribution in [0, 0.1) is 5.41 Å². The van der Waals surface area contributed by atoms with Gasteiger partial charge in [0.1, 0.15) is 11.4 Å². The molecule has 0 atom stereocenters. The van der Waals surface area contributed by atoms with Crippen molar-refractivity contribution in [1.82, 2.24) is 14.5 Å². The maximum absolute atomic E-state index is 13.9. The van der Waals surface area contributed by atoms with Crippen molar-refractivity contribution in [3.8, 4) is 11.8 Å². The Hall–Kier alpha value is -3.30. The van der Waals surface area contributed by atoms with Crippen molar-refractivity contribution < 1.29 is 28.5 Å². The number of carbonyl (C=O) groups excluding carboxylic acids is 2. The van der Waals surface area contributed by atoms with E-state index in [9.17, 15) is 14.4 Å². The number of esters is 1. The number of amides is 1. The van der Waals surface area contributed by atoms with Gasteiger partial charge in [-0.1, -0.05) is 0 Å². The third-order valence-corrected chi connectivity index (χ3v) is 6.07. The van der Waals surface area contributed by atoms with Crippen molar-refractivity contribution in [2.24, 2.45) is 5.41 Å². The molecule has 1 saturated heterocycles. The molecule has 1 amide bonds. The lowest BCUT2D eigenvalue weighted by Crippen LogP contribution is -2.41. The number of aromatic nitrogens is 2. The largest absolute Gasteiger partial charge is 0.496 e. The number of hydrogen-bond acceptors (Lipinski definition) is 8. The molecule has 0 radical (unpaired) electrons. The Kier molecular flexibility index (Phi) is 8.39. The summed E-state index contributed by atoms with van der Waals surface area (Å²) < 4.78 is 23.5. The first-order valence-electron chi connectivity index (χ1n) is 12.7. The van der Waals surface area contributed by atoms with Crippen LogP contribution in [-0.4, -0.2) is 58.9 Å². The minimum atomic E-state index is -0.726. The monoisotopic (exact) mass is 517 g/mol. The van der Waals surface area contributed by atoms with E-state index in [1.165, 1.54) is 4.57 Å². The van der Waals surface area contributed by atoms with Crippen LogP contribution in [0.2, 0.25) is 0 Å². The molecule has 37 heavy (non-hydrogen) atoms. The molecule has 0 aliphatic carbocycles. The Balaban J connectivity index is 2.01. The SMILES string of the molecule is CCOc1nc2ccc(OC)c(C3CCN(C(=O)OC(C)(C)C)CC3)c2c(=O)n1COC(=O)C(C)(C)C. The molecule has 10 heteroatoms. The molecule has 1 aliphatic rings. The molecule has 1 aromatic carbocycles. The number of ether oxygens (including phenoxy) is 4. The van der Waals surface area contributed by atoms with Crippen molar-refractivity contribution in [1.29, 1.82) is 0 Å². The molecule has 204 valence electrons. The van der Waals surface area contributed by atoms with Gasteiger partial charge in [0.25, 0.3) is 5.56 Å². The third kappa shape index (κ3) is 6.53. The average Bonchev–Trinajstić information content (AvgIpc) is 2.81. The van der Waals surface area contributed by atoms with Crippen molar-refractivity contribution in [3.05, 3.63) is 28.0 Å². The molecule has 1 aliphatic heterocycles. The summed E-state index contributed by atoms with van der Waals surface area (Å²) in [4.78, 5) is 45.1. The number of hydrogen-bond donors (Lipinski definition) is 0. The second-order valence-electron chi connectivity index (χ2n) is 11.2. The van der Waals surface area contributed by atoms with Gasteiger partial charge in [-0.3, -0.25) is 9.59 Å². The fourth-order valence-corrected chi connectivity index (χ4v) is 4.25. The van der Waals surface area contributed by atoms with Crippen molar-refractivity contribution in [2.75, 3.05) is 26.8 Å². The summed E-state index contributed by atoms with van der Waals surface area (Å²) in [6.45, 7) is 13.5. The summed E-state index contributed by atoms with van der Waals surface area (Å²) in [6, 6.07) is 3.60. The van der Waals surface area contributed by atoms with Crippen LogP contribution >= 0.6 is 0 Å². The first kappa shape index (κ1) is 28.3. The van der Waals surface area contributed by atoms with Gasteiger partial charge in [-0.25, -0.2) is 9.36 Å². The quantitative estimate of drug-likeness (QED) is 0.517. The summed E-state index contributed by atoms with van der Waals surface area (Å²) in [5.74, 6) is 0.0854. The van der Waals surface area contributed by atoms with Crippen LogP contribution in [0.3, 0.4) is 0 Å². The Morgan fingerprint density at radius 2 is 1.73 bits per heavy atom. The molecule has 0 unspecified atom stereocenters. The van der Waals surface area contributed by atoms with E-state index in [4.69, 9.17) is 18.9 Å². The molecule has 0 N–H and O–H groups in total. The van der Waals surface area contributed by atoms with E-state index in [-0.39, 0.29) is 36.9 Å². The Morgan fingerprint density at radius 1 is 1.08 bits per heavy atom. The highest BCUT2D eigenvalue weighted by Gasteiger charge is 2.31. The van der Waals surface area contributed by atoms with Gasteiger partial charge in [0, 0.05) is 18.7 Å². The normalized spacial score (nSPS) is 15.0. The predicted molar refractivity (Wildman–Crippen MR) is 139 cm³/mol. The molecule has 10 nitrogen and oxygen atoms in total. The van der Waals surface area contributed by atoms with Gasteiger partial charge in [-0.2, -0.15) is 4.98 Å². The molecule has 0 saturated carbocycles. The summed E-state index contributed by atoms with van der Waals surface area (Å²) in [7, 11) is 1.56. The molecule has 1 aromatic heterocycles. The number of rotatable bonds is 6. The van der Waals surface area contributed by atoms with Gasteiger partial charge in [-0.05, 0) is 79.4 Å². The Morgan fingerprint density at radius 3 is 2.27 bits per heavy atom. The van der Waals surface area contributed by atoms with E-state index < -0.39 is 17.0 Å². The molecule has 0 bridgehead atoms. The summed E-state index contributed by atoms with van der Waals surface area (Å²) in [5, 5.41) is 0.394. The van der Waals surface area contributed by atoms with Crippen molar-refractivity contribution in [3.63, 3.8) is 0 Å². The van der Waals surface area contributed by atoms with Crippen LogP contribution in [0.1, 0.15) is 72.8 Å². The average molecular weight is 518 g/mol. The van der Waals surface area contributed by atoms with Gasteiger partial charge in [-0.15, -0.1) is 0 Å². The van der Waals surface area contributed by atoms with Gasteiger partial charge in [0.2, 0.25) is 0 Å². The second kappa shape index (κ2) is 11.0. The first-order valence-corrected chi connectivity index (χ1v) is 12.7. The van der Waals surface area contributed by atoms with E-state index in [1.54, 1.807) is 51.8 Å². The summed E-state index contributed by atoms with van der Waals surface area (Å²) in [6.07, 6.45) is 0.905. The fourth-order valence-electron chi connectivity index (χ4n) is 4.25. The zero-order chi connectivity index (χ0) is 27.5. The fraction of sp³-hybridized carbons (Fsp3) is 0.630. The highest BCUT2D eigenvalue weighted by atomic mass is 16.6. The van der Waals surface area contributed by atoms with Gasteiger partial charge in [0.05, 0.1) is 30.0 Å². The molecule has 1 fully saturated rings. The lowest BCUT2D eigenvalue weighted by atomic mass is 9.86. The van der Waals surface area contributed by atoms with E-state index in [0.717, 1.165) is 5.56 Å². The molecule has 2 heterocycles. The minimum absolute atomic E-state index is 0.0460. The van der Waals surface area contributed by atoms with E-state index >= 15 is 0 Å². The van der Waals surface area contributed by atoms with Gasteiger partial charge in [0.15, 0.2) is 6.73 Å².